The van der Waals surface area contributed by atoms with Gasteiger partial charge in [0.1, 0.15) is 0 Å². The minimum absolute atomic E-state index is 0.281. The van der Waals surface area contributed by atoms with Gasteiger partial charge in [-0.15, -0.1) is 0 Å². The molecule has 2 unspecified atom stereocenters. The van der Waals surface area contributed by atoms with Gasteiger partial charge in [0.15, 0.2) is 0 Å². The maximum atomic E-state index is 11.8. The molecule has 4 aromatic carbocycles. The highest BCUT2D eigenvalue weighted by Gasteiger charge is 2.35. The summed E-state index contributed by atoms with van der Waals surface area (Å²) in [5.41, 5.74) is 10.0. The predicted octanol–water partition coefficient (Wildman–Crippen LogP) is 5.55. The van der Waals surface area contributed by atoms with E-state index in [4.69, 9.17) is 5.73 Å². The first-order chi connectivity index (χ1) is 14.5. The van der Waals surface area contributed by atoms with E-state index in [1.165, 1.54) is 5.56 Å². The minimum Gasteiger partial charge on any atom is -0.389 e. The van der Waals surface area contributed by atoms with E-state index in [9.17, 15) is 5.11 Å². The Bertz CT molecular complexity index is 1120. The number of rotatable bonds is 6. The average molecular weight is 395 g/mol. The molecule has 2 nitrogen and oxygen atoms in total. The van der Waals surface area contributed by atoms with Gasteiger partial charge in [-0.3, -0.25) is 0 Å². The Morgan fingerprint density at radius 2 is 1.47 bits per heavy atom. The molecule has 4 aromatic rings. The van der Waals surface area contributed by atoms with Gasteiger partial charge in [0, 0.05) is 18.9 Å². The van der Waals surface area contributed by atoms with Crippen molar-refractivity contribution in [3.8, 4) is 0 Å². The molecule has 0 saturated carbocycles. The fourth-order valence-electron chi connectivity index (χ4n) is 4.29. The lowest BCUT2D eigenvalue weighted by molar-refractivity contribution is 0.0710. The van der Waals surface area contributed by atoms with Crippen molar-refractivity contribution in [3.05, 3.63) is 126 Å². The number of nitrogens with two attached hydrogens (primary N) is 1. The van der Waals surface area contributed by atoms with Crippen LogP contribution in [0.1, 0.15) is 33.7 Å². The van der Waals surface area contributed by atoms with E-state index in [0.29, 0.717) is 13.0 Å². The zero-order valence-electron chi connectivity index (χ0n) is 17.4. The topological polar surface area (TPSA) is 46.2 Å². The third kappa shape index (κ3) is 4.16. The smallest absolute Gasteiger partial charge is 0.0797 e. The van der Waals surface area contributed by atoms with Crippen molar-refractivity contribution in [1.29, 1.82) is 0 Å². The summed E-state index contributed by atoms with van der Waals surface area (Å²) in [6.07, 6.45) is 0.458. The van der Waals surface area contributed by atoms with E-state index in [-0.39, 0.29) is 5.92 Å². The summed E-state index contributed by atoms with van der Waals surface area (Å²) >= 11 is 0. The molecule has 0 aliphatic heterocycles. The van der Waals surface area contributed by atoms with Crippen LogP contribution < -0.4 is 5.73 Å². The second kappa shape index (κ2) is 8.43. The Labute approximate surface area is 179 Å². The van der Waals surface area contributed by atoms with Crippen LogP contribution in [0.2, 0.25) is 0 Å². The first kappa shape index (κ1) is 20.3. The van der Waals surface area contributed by atoms with Gasteiger partial charge in [-0.05, 0) is 46.9 Å². The third-order valence-electron chi connectivity index (χ3n) is 5.85. The number of aryl methyl sites for hydroxylation is 1. The van der Waals surface area contributed by atoms with Crippen LogP contribution in [0.25, 0.3) is 10.8 Å². The molecule has 0 aliphatic rings. The Morgan fingerprint density at radius 3 is 2.17 bits per heavy atom. The maximum Gasteiger partial charge on any atom is 0.0797 e. The molecule has 151 valence electrons. The van der Waals surface area contributed by atoms with Gasteiger partial charge in [-0.1, -0.05) is 96.6 Å². The molecule has 4 rings (SSSR count). The highest BCUT2D eigenvalue weighted by Crippen LogP contribution is 2.40. The fraction of sp³-hybridized carbons (Fsp3) is 0.179. The first-order valence-electron chi connectivity index (χ1n) is 10.4. The molecule has 0 bridgehead atoms. The molecule has 2 atom stereocenters. The summed E-state index contributed by atoms with van der Waals surface area (Å²) in [7, 11) is 0. The Hall–Kier alpha value is -2.94. The molecule has 0 aromatic heterocycles. The average Bonchev–Trinajstić information content (AvgIpc) is 2.76. The summed E-state index contributed by atoms with van der Waals surface area (Å²) in [5.74, 6) is -0.281. The molecule has 2 heteroatoms. The number of aliphatic hydroxyl groups is 1. The van der Waals surface area contributed by atoms with Crippen LogP contribution in [0.4, 0.5) is 0 Å². The summed E-state index contributed by atoms with van der Waals surface area (Å²) in [6.45, 7) is 6.89. The largest absolute Gasteiger partial charge is 0.389 e. The van der Waals surface area contributed by atoms with Gasteiger partial charge < -0.3 is 10.8 Å². The summed E-state index contributed by atoms with van der Waals surface area (Å²) < 4.78 is 0. The first-order valence-corrected chi connectivity index (χ1v) is 10.4. The molecule has 0 amide bonds. The Morgan fingerprint density at radius 1 is 0.833 bits per heavy atom. The SMILES string of the molecule is [CH2]C(O)(Cc1ccc(C)cc1)C(c1ccc(CN)cc1)c1cccc2ccccc12. The number of hydrogen-bond acceptors (Lipinski definition) is 2. The molecule has 0 fully saturated rings. The van der Waals surface area contributed by atoms with Gasteiger partial charge in [0.25, 0.3) is 0 Å². The number of fused-ring (bicyclic) bond motifs is 1. The van der Waals surface area contributed by atoms with Crippen molar-refractivity contribution in [2.45, 2.75) is 31.4 Å². The Balaban J connectivity index is 1.85. The van der Waals surface area contributed by atoms with Crippen molar-refractivity contribution < 1.29 is 5.11 Å². The van der Waals surface area contributed by atoms with E-state index < -0.39 is 5.60 Å². The fourth-order valence-corrected chi connectivity index (χ4v) is 4.29. The molecular formula is C28H28NO. The zero-order chi connectivity index (χ0) is 21.1. The van der Waals surface area contributed by atoms with Crippen molar-refractivity contribution in [2.75, 3.05) is 0 Å². The molecule has 0 aliphatic carbocycles. The molecule has 0 saturated heterocycles. The normalized spacial score (nSPS) is 14.4. The van der Waals surface area contributed by atoms with Crippen LogP contribution >= 0.6 is 0 Å². The van der Waals surface area contributed by atoms with Crippen molar-refractivity contribution in [2.24, 2.45) is 5.73 Å². The van der Waals surface area contributed by atoms with Crippen molar-refractivity contribution in [3.63, 3.8) is 0 Å². The Kier molecular flexibility index (Phi) is 5.72. The van der Waals surface area contributed by atoms with Gasteiger partial charge in [0.2, 0.25) is 0 Å². The quantitative estimate of drug-likeness (QED) is 0.451. The summed E-state index contributed by atoms with van der Waals surface area (Å²) in [6, 6.07) is 31.1. The van der Waals surface area contributed by atoms with Crippen molar-refractivity contribution in [1.82, 2.24) is 0 Å². The zero-order valence-corrected chi connectivity index (χ0v) is 17.4. The van der Waals surface area contributed by atoms with Gasteiger partial charge >= 0.3 is 0 Å². The molecule has 0 heterocycles. The highest BCUT2D eigenvalue weighted by atomic mass is 16.3. The van der Waals surface area contributed by atoms with Gasteiger partial charge in [0.05, 0.1) is 5.60 Å². The molecule has 3 N–H and O–H groups in total. The van der Waals surface area contributed by atoms with E-state index >= 15 is 0 Å². The lowest BCUT2D eigenvalue weighted by atomic mass is 9.74. The molecule has 0 spiro atoms. The molecule has 1 radical (unpaired) electrons. The third-order valence-corrected chi connectivity index (χ3v) is 5.85. The van der Waals surface area contributed by atoms with Crippen molar-refractivity contribution >= 4 is 10.8 Å². The summed E-state index contributed by atoms with van der Waals surface area (Å²) in [5, 5.41) is 14.0. The predicted molar refractivity (Wildman–Crippen MR) is 125 cm³/mol. The number of hydrogen-bond donors (Lipinski definition) is 2. The second-order valence-electron chi connectivity index (χ2n) is 8.21. The van der Waals surface area contributed by atoms with E-state index in [1.54, 1.807) is 0 Å². The van der Waals surface area contributed by atoms with Crippen LogP contribution in [0, 0.1) is 13.8 Å². The summed E-state index contributed by atoms with van der Waals surface area (Å²) in [4.78, 5) is 0. The standard InChI is InChI=1S/C28H28NO/c1-20-10-12-21(13-11-20)18-28(2,30)27(24-16-14-22(19-29)15-17-24)26-9-5-7-23-6-3-4-8-25(23)26/h3-17,27,30H,2,18-19,29H2,1H3. The minimum atomic E-state index is -1.22. The number of benzene rings is 4. The second-order valence-corrected chi connectivity index (χ2v) is 8.21. The highest BCUT2D eigenvalue weighted by molar-refractivity contribution is 5.86. The van der Waals surface area contributed by atoms with Crippen LogP contribution in [-0.4, -0.2) is 10.7 Å². The molecular weight excluding hydrogens is 366 g/mol. The lowest BCUT2D eigenvalue weighted by Gasteiger charge is -2.35. The lowest BCUT2D eigenvalue weighted by Crippen LogP contribution is -2.36. The van der Waals surface area contributed by atoms with Gasteiger partial charge in [-0.25, -0.2) is 0 Å². The van der Waals surface area contributed by atoms with Gasteiger partial charge in [-0.2, -0.15) is 0 Å². The van der Waals surface area contributed by atoms with Crippen LogP contribution in [0.3, 0.4) is 0 Å². The van der Waals surface area contributed by atoms with E-state index in [1.807, 2.05) is 24.3 Å². The maximum absolute atomic E-state index is 11.8. The van der Waals surface area contributed by atoms with Crippen LogP contribution in [0.5, 0.6) is 0 Å². The molecule has 30 heavy (non-hydrogen) atoms. The van der Waals surface area contributed by atoms with Crippen LogP contribution in [-0.2, 0) is 13.0 Å². The van der Waals surface area contributed by atoms with E-state index in [2.05, 4.69) is 80.6 Å². The monoisotopic (exact) mass is 394 g/mol. The van der Waals surface area contributed by atoms with E-state index in [0.717, 1.165) is 33.0 Å². The van der Waals surface area contributed by atoms with Crippen LogP contribution in [0.15, 0.2) is 91.0 Å².